The van der Waals surface area contributed by atoms with E-state index < -0.39 is 41.6 Å². The summed E-state index contributed by atoms with van der Waals surface area (Å²) in [4.78, 5) is 54.0. The minimum Gasteiger partial charge on any atom is -0.461 e. The van der Waals surface area contributed by atoms with E-state index in [9.17, 15) is 19.2 Å². The highest BCUT2D eigenvalue weighted by molar-refractivity contribution is 5.85. The summed E-state index contributed by atoms with van der Waals surface area (Å²) in [6.07, 6.45) is 3.39. The van der Waals surface area contributed by atoms with Gasteiger partial charge in [-0.2, -0.15) is 0 Å². The number of likely N-dealkylation sites (tertiary alicyclic amines) is 1. The average Bonchev–Trinajstić information content (AvgIpc) is 3.39. The van der Waals surface area contributed by atoms with Gasteiger partial charge in [-0.1, -0.05) is 103 Å². The van der Waals surface area contributed by atoms with Crippen LogP contribution in [0.1, 0.15) is 43.9 Å². The van der Waals surface area contributed by atoms with E-state index in [2.05, 4.69) is 0 Å². The number of hydrogen-bond acceptors (Lipinski definition) is 8. The lowest BCUT2D eigenvalue weighted by atomic mass is 9.92. The Morgan fingerprint density at radius 3 is 1.76 bits per heavy atom. The van der Waals surface area contributed by atoms with Crippen molar-refractivity contribution in [2.45, 2.75) is 58.7 Å². The predicted molar refractivity (Wildman–Crippen MR) is 171 cm³/mol. The van der Waals surface area contributed by atoms with Crippen LogP contribution in [0.4, 0.5) is 4.79 Å². The molecule has 0 bridgehead atoms. The molecule has 1 aliphatic rings. The third-order valence-corrected chi connectivity index (χ3v) is 7.03. The minimum atomic E-state index is -1.18. The zero-order valence-electron chi connectivity index (χ0n) is 26.3. The van der Waals surface area contributed by atoms with Crippen molar-refractivity contribution in [2.75, 3.05) is 6.54 Å². The second kappa shape index (κ2) is 16.2. The van der Waals surface area contributed by atoms with Gasteiger partial charge in [0.15, 0.2) is 0 Å². The maximum Gasteiger partial charge on any atom is 0.411 e. The third kappa shape index (κ3) is 10.5. The number of benzene rings is 3. The standard InChI is InChI=1S/C37H39NO8/c1-37(2,3)46-32(39)21-13-20-30-23-38(36(42)45-26-29-18-11-6-12-19-29)34(35(41)44-25-28-16-9-5-10-17-28)31(30)22-33(40)43-24-27-14-7-4-8-15-27/h4-21,31,34H,22-26H2,1-3H3/b21-13-,30-20+/t31-,34-/m0/s1. The largest absolute Gasteiger partial charge is 0.461 e. The number of rotatable bonds is 11. The first-order valence-corrected chi connectivity index (χ1v) is 15.1. The quantitative estimate of drug-likeness (QED) is 0.138. The molecule has 240 valence electrons. The average molecular weight is 626 g/mol. The molecule has 1 saturated heterocycles. The highest BCUT2D eigenvalue weighted by atomic mass is 16.6. The summed E-state index contributed by atoms with van der Waals surface area (Å²) in [7, 11) is 0. The summed E-state index contributed by atoms with van der Waals surface area (Å²) in [6.45, 7) is 5.26. The molecule has 0 saturated carbocycles. The predicted octanol–water partition coefficient (Wildman–Crippen LogP) is 6.32. The summed E-state index contributed by atoms with van der Waals surface area (Å²) in [6, 6.07) is 26.3. The Morgan fingerprint density at radius 2 is 1.24 bits per heavy atom. The molecule has 0 unspecified atom stereocenters. The Balaban J connectivity index is 1.60. The van der Waals surface area contributed by atoms with Gasteiger partial charge in [-0.25, -0.2) is 14.4 Å². The molecule has 1 aliphatic heterocycles. The van der Waals surface area contributed by atoms with Crippen molar-refractivity contribution >= 4 is 24.0 Å². The SMILES string of the molecule is CC(C)(C)OC(=O)/C=C\C=C1/CN(C(=O)OCc2ccccc2)[C@H](C(=O)OCc2ccccc2)[C@H]1CC(=O)OCc1ccccc1. The molecule has 0 spiro atoms. The van der Waals surface area contributed by atoms with Crippen LogP contribution in [0.5, 0.6) is 0 Å². The summed E-state index contributed by atoms with van der Waals surface area (Å²) in [5.41, 5.74) is 2.22. The van der Waals surface area contributed by atoms with Gasteiger partial charge in [-0.15, -0.1) is 0 Å². The molecule has 4 rings (SSSR count). The molecule has 9 heteroatoms. The summed E-state index contributed by atoms with van der Waals surface area (Å²) < 4.78 is 22.2. The highest BCUT2D eigenvalue weighted by Gasteiger charge is 2.47. The molecular weight excluding hydrogens is 586 g/mol. The fourth-order valence-electron chi connectivity index (χ4n) is 4.90. The van der Waals surface area contributed by atoms with Gasteiger partial charge < -0.3 is 18.9 Å². The molecule has 3 aromatic carbocycles. The van der Waals surface area contributed by atoms with Gasteiger partial charge >= 0.3 is 24.0 Å². The normalized spacial score (nSPS) is 17.1. The Labute approximate surface area is 269 Å². The van der Waals surface area contributed by atoms with Crippen LogP contribution in [-0.4, -0.2) is 47.1 Å². The minimum absolute atomic E-state index is 0.0106. The number of carbonyl (C=O) groups excluding carboxylic acids is 4. The Bertz CT molecular complexity index is 1530. The highest BCUT2D eigenvalue weighted by Crippen LogP contribution is 2.34. The van der Waals surface area contributed by atoms with Crippen LogP contribution in [0.2, 0.25) is 0 Å². The molecule has 0 N–H and O–H groups in total. The molecule has 0 aromatic heterocycles. The van der Waals surface area contributed by atoms with Crippen LogP contribution in [0.15, 0.2) is 115 Å². The van der Waals surface area contributed by atoms with Crippen molar-refractivity contribution in [3.8, 4) is 0 Å². The number of esters is 3. The monoisotopic (exact) mass is 625 g/mol. The fourth-order valence-corrected chi connectivity index (χ4v) is 4.90. The number of allylic oxidation sites excluding steroid dienone is 2. The smallest absolute Gasteiger partial charge is 0.411 e. The Hall–Kier alpha value is -5.18. The molecule has 46 heavy (non-hydrogen) atoms. The van der Waals surface area contributed by atoms with Gasteiger partial charge in [0.2, 0.25) is 0 Å². The molecule has 3 aromatic rings. The number of ether oxygens (including phenoxy) is 4. The van der Waals surface area contributed by atoms with Crippen molar-refractivity contribution in [1.82, 2.24) is 4.90 Å². The van der Waals surface area contributed by atoms with Gasteiger partial charge in [0, 0.05) is 18.5 Å². The maximum absolute atomic E-state index is 13.7. The van der Waals surface area contributed by atoms with E-state index in [1.54, 1.807) is 26.8 Å². The first-order chi connectivity index (χ1) is 22.1. The van der Waals surface area contributed by atoms with Crippen molar-refractivity contribution < 1.29 is 38.1 Å². The number of amides is 1. The van der Waals surface area contributed by atoms with E-state index in [-0.39, 0.29) is 32.8 Å². The summed E-state index contributed by atoms with van der Waals surface area (Å²) in [5, 5.41) is 0. The first-order valence-electron chi connectivity index (χ1n) is 15.1. The van der Waals surface area contributed by atoms with Crippen LogP contribution in [0.3, 0.4) is 0 Å². The molecule has 2 atom stereocenters. The lowest BCUT2D eigenvalue weighted by molar-refractivity contribution is -0.153. The summed E-state index contributed by atoms with van der Waals surface area (Å²) >= 11 is 0. The Morgan fingerprint density at radius 1 is 0.739 bits per heavy atom. The second-order valence-electron chi connectivity index (χ2n) is 11.8. The maximum atomic E-state index is 13.7. The molecule has 1 heterocycles. The van der Waals surface area contributed by atoms with E-state index in [1.807, 2.05) is 91.0 Å². The fraction of sp³-hybridized carbons (Fsp3) is 0.297. The topological polar surface area (TPSA) is 108 Å². The zero-order valence-corrected chi connectivity index (χ0v) is 26.3. The lowest BCUT2D eigenvalue weighted by Crippen LogP contribution is -2.44. The number of carbonyl (C=O) groups is 4. The van der Waals surface area contributed by atoms with Crippen molar-refractivity contribution in [3.05, 3.63) is 131 Å². The van der Waals surface area contributed by atoms with Crippen LogP contribution in [0, 0.1) is 5.92 Å². The molecule has 9 nitrogen and oxygen atoms in total. The van der Waals surface area contributed by atoms with E-state index in [1.165, 1.54) is 17.1 Å². The lowest BCUT2D eigenvalue weighted by Gasteiger charge is -2.25. The van der Waals surface area contributed by atoms with Crippen LogP contribution >= 0.6 is 0 Å². The third-order valence-electron chi connectivity index (χ3n) is 7.03. The second-order valence-corrected chi connectivity index (χ2v) is 11.8. The van der Waals surface area contributed by atoms with Crippen LogP contribution < -0.4 is 0 Å². The van der Waals surface area contributed by atoms with Gasteiger partial charge in [0.25, 0.3) is 0 Å². The Kier molecular flexibility index (Phi) is 11.9. The van der Waals surface area contributed by atoms with E-state index in [4.69, 9.17) is 18.9 Å². The van der Waals surface area contributed by atoms with Gasteiger partial charge in [0.1, 0.15) is 31.5 Å². The van der Waals surface area contributed by atoms with Crippen molar-refractivity contribution in [3.63, 3.8) is 0 Å². The van der Waals surface area contributed by atoms with Gasteiger partial charge in [0.05, 0.1) is 6.42 Å². The molecule has 1 amide bonds. The van der Waals surface area contributed by atoms with Gasteiger partial charge in [-0.3, -0.25) is 9.69 Å². The van der Waals surface area contributed by atoms with Crippen molar-refractivity contribution in [2.24, 2.45) is 5.92 Å². The first kappa shape index (κ1) is 33.7. The number of hydrogen-bond donors (Lipinski definition) is 0. The molecular formula is C37H39NO8. The van der Waals surface area contributed by atoms with Crippen molar-refractivity contribution in [1.29, 1.82) is 0 Å². The molecule has 0 aliphatic carbocycles. The van der Waals surface area contributed by atoms with Gasteiger partial charge in [-0.05, 0) is 43.0 Å². The molecule has 0 radical (unpaired) electrons. The van der Waals surface area contributed by atoms with E-state index in [0.29, 0.717) is 5.57 Å². The zero-order chi connectivity index (χ0) is 32.9. The van der Waals surface area contributed by atoms with E-state index >= 15 is 0 Å². The van der Waals surface area contributed by atoms with E-state index in [0.717, 1.165) is 16.7 Å². The molecule has 1 fully saturated rings. The summed E-state index contributed by atoms with van der Waals surface area (Å²) in [5.74, 6) is -2.62. The van der Waals surface area contributed by atoms with Crippen LogP contribution in [-0.2, 0) is 53.2 Å². The van der Waals surface area contributed by atoms with Crippen LogP contribution in [0.25, 0.3) is 0 Å². The number of nitrogens with zero attached hydrogens (tertiary/aromatic N) is 1.